The summed E-state index contributed by atoms with van der Waals surface area (Å²) in [5.41, 5.74) is 1.47. The zero-order chi connectivity index (χ0) is 12.8. The Hall–Kier alpha value is -2.30. The molecule has 0 saturated carbocycles. The summed E-state index contributed by atoms with van der Waals surface area (Å²) in [6.07, 6.45) is 1.72. The molecule has 0 spiro atoms. The third-order valence-corrected chi connectivity index (χ3v) is 1.99. The number of aryl methyl sites for hydroxylation is 1. The van der Waals surface area contributed by atoms with Gasteiger partial charge in [-0.3, -0.25) is 4.79 Å². The van der Waals surface area contributed by atoms with Crippen molar-refractivity contribution in [1.29, 1.82) is 0 Å². The molecule has 0 aliphatic heterocycles. The second-order valence-electron chi connectivity index (χ2n) is 3.36. The van der Waals surface area contributed by atoms with Crippen LogP contribution >= 0.6 is 0 Å². The largest absolute Gasteiger partial charge is 0.495 e. The predicted octanol–water partition coefficient (Wildman–Crippen LogP) is 1.58. The first-order chi connectivity index (χ1) is 8.02. The molecular weight excluding hydrogens is 222 g/mol. The molecule has 0 bridgehead atoms. The number of rotatable bonds is 4. The number of carboxylic acids is 1. The van der Waals surface area contributed by atoms with Crippen molar-refractivity contribution in [3.63, 3.8) is 0 Å². The minimum Gasteiger partial charge on any atom is -0.495 e. The molecule has 1 amide bonds. The SMILES string of the molecule is COc1ccc(C)cc1NC(=O)/C=C\C(=O)O. The van der Waals surface area contributed by atoms with Crippen LogP contribution in [0.15, 0.2) is 30.4 Å². The maximum Gasteiger partial charge on any atom is 0.328 e. The lowest BCUT2D eigenvalue weighted by atomic mass is 10.2. The van der Waals surface area contributed by atoms with Crippen molar-refractivity contribution in [1.82, 2.24) is 0 Å². The van der Waals surface area contributed by atoms with Gasteiger partial charge in [-0.05, 0) is 24.6 Å². The maximum atomic E-state index is 11.4. The van der Waals surface area contributed by atoms with Crippen LogP contribution in [-0.4, -0.2) is 24.1 Å². The Morgan fingerprint density at radius 1 is 1.35 bits per heavy atom. The van der Waals surface area contributed by atoms with Gasteiger partial charge in [-0.2, -0.15) is 0 Å². The Labute approximate surface area is 98.7 Å². The lowest BCUT2D eigenvalue weighted by Crippen LogP contribution is -2.09. The molecule has 5 heteroatoms. The Morgan fingerprint density at radius 2 is 2.06 bits per heavy atom. The highest BCUT2D eigenvalue weighted by Gasteiger charge is 2.05. The third-order valence-electron chi connectivity index (χ3n) is 1.99. The number of amides is 1. The second kappa shape index (κ2) is 5.69. The molecule has 0 heterocycles. The molecule has 17 heavy (non-hydrogen) atoms. The Bertz CT molecular complexity index is 466. The number of carbonyl (C=O) groups is 2. The molecule has 0 saturated heterocycles. The standard InChI is InChI=1S/C12H13NO4/c1-8-3-4-10(17-2)9(7-8)13-11(14)5-6-12(15)16/h3-7H,1-2H3,(H,13,14)(H,15,16)/b6-5-. The molecule has 0 aliphatic rings. The fourth-order valence-corrected chi connectivity index (χ4v) is 1.24. The van der Waals surface area contributed by atoms with Crippen LogP contribution in [0.3, 0.4) is 0 Å². The Morgan fingerprint density at radius 3 is 2.65 bits per heavy atom. The van der Waals surface area contributed by atoms with Crippen LogP contribution in [-0.2, 0) is 9.59 Å². The molecule has 0 aliphatic carbocycles. The smallest absolute Gasteiger partial charge is 0.328 e. The van der Waals surface area contributed by atoms with Crippen molar-refractivity contribution in [3.05, 3.63) is 35.9 Å². The van der Waals surface area contributed by atoms with E-state index in [2.05, 4.69) is 5.32 Å². The summed E-state index contributed by atoms with van der Waals surface area (Å²) in [5, 5.41) is 10.9. The van der Waals surface area contributed by atoms with E-state index in [9.17, 15) is 9.59 Å². The molecule has 0 unspecified atom stereocenters. The molecule has 0 aromatic heterocycles. The van der Waals surface area contributed by atoms with Gasteiger partial charge < -0.3 is 15.2 Å². The monoisotopic (exact) mass is 235 g/mol. The normalized spacial score (nSPS) is 10.2. The van der Waals surface area contributed by atoms with Crippen LogP contribution in [0.5, 0.6) is 5.75 Å². The lowest BCUT2D eigenvalue weighted by molar-refractivity contribution is -0.131. The average molecular weight is 235 g/mol. The zero-order valence-electron chi connectivity index (χ0n) is 9.56. The van der Waals surface area contributed by atoms with Gasteiger partial charge in [0, 0.05) is 12.2 Å². The van der Waals surface area contributed by atoms with E-state index in [1.54, 1.807) is 12.1 Å². The van der Waals surface area contributed by atoms with E-state index >= 15 is 0 Å². The van der Waals surface area contributed by atoms with E-state index in [4.69, 9.17) is 9.84 Å². The van der Waals surface area contributed by atoms with Crippen LogP contribution in [0.25, 0.3) is 0 Å². The molecule has 5 nitrogen and oxygen atoms in total. The number of hydrogen-bond acceptors (Lipinski definition) is 3. The van der Waals surface area contributed by atoms with Crippen molar-refractivity contribution in [3.8, 4) is 5.75 Å². The van der Waals surface area contributed by atoms with Crippen molar-refractivity contribution in [2.45, 2.75) is 6.92 Å². The number of anilines is 1. The number of nitrogens with one attached hydrogen (secondary N) is 1. The van der Waals surface area contributed by atoms with Gasteiger partial charge in [0.2, 0.25) is 5.91 Å². The number of benzene rings is 1. The highest BCUT2D eigenvalue weighted by Crippen LogP contribution is 2.24. The van der Waals surface area contributed by atoms with E-state index in [-0.39, 0.29) is 0 Å². The van der Waals surface area contributed by atoms with E-state index in [0.717, 1.165) is 17.7 Å². The van der Waals surface area contributed by atoms with Gasteiger partial charge in [0.15, 0.2) is 0 Å². The summed E-state index contributed by atoms with van der Waals surface area (Å²) in [4.78, 5) is 21.6. The van der Waals surface area contributed by atoms with Gasteiger partial charge in [-0.15, -0.1) is 0 Å². The molecule has 1 rings (SSSR count). The maximum absolute atomic E-state index is 11.4. The Balaban J connectivity index is 2.83. The number of ether oxygens (including phenoxy) is 1. The number of carbonyl (C=O) groups excluding carboxylic acids is 1. The molecule has 90 valence electrons. The molecule has 0 fully saturated rings. The first-order valence-electron chi connectivity index (χ1n) is 4.89. The third kappa shape index (κ3) is 3.98. The van der Waals surface area contributed by atoms with Gasteiger partial charge in [-0.25, -0.2) is 4.79 Å². The van der Waals surface area contributed by atoms with Crippen molar-refractivity contribution < 1.29 is 19.4 Å². The zero-order valence-corrected chi connectivity index (χ0v) is 9.56. The van der Waals surface area contributed by atoms with E-state index in [1.807, 2.05) is 13.0 Å². The van der Waals surface area contributed by atoms with Gasteiger partial charge in [0.1, 0.15) is 5.75 Å². The first-order valence-corrected chi connectivity index (χ1v) is 4.89. The number of carboxylic acid groups (broad SMARTS) is 1. The van der Waals surface area contributed by atoms with Gasteiger partial charge in [-0.1, -0.05) is 6.07 Å². The highest BCUT2D eigenvalue weighted by molar-refractivity contribution is 6.03. The van der Waals surface area contributed by atoms with Crippen molar-refractivity contribution in [2.75, 3.05) is 12.4 Å². The van der Waals surface area contributed by atoms with Crippen LogP contribution in [0, 0.1) is 6.92 Å². The fourth-order valence-electron chi connectivity index (χ4n) is 1.24. The number of hydrogen-bond donors (Lipinski definition) is 2. The second-order valence-corrected chi connectivity index (χ2v) is 3.36. The topological polar surface area (TPSA) is 75.6 Å². The summed E-state index contributed by atoms with van der Waals surface area (Å²) in [6.45, 7) is 1.88. The summed E-state index contributed by atoms with van der Waals surface area (Å²) >= 11 is 0. The quantitative estimate of drug-likeness (QED) is 0.777. The summed E-state index contributed by atoms with van der Waals surface area (Å²) in [7, 11) is 1.49. The first kappa shape index (κ1) is 12.8. The van der Waals surface area contributed by atoms with Crippen LogP contribution < -0.4 is 10.1 Å². The average Bonchev–Trinajstić information content (AvgIpc) is 2.27. The molecular formula is C12H13NO4. The summed E-state index contributed by atoms with van der Waals surface area (Å²) in [5.74, 6) is -1.17. The van der Waals surface area contributed by atoms with Gasteiger partial charge >= 0.3 is 5.97 Å². The van der Waals surface area contributed by atoms with Crippen molar-refractivity contribution in [2.24, 2.45) is 0 Å². The summed E-state index contributed by atoms with van der Waals surface area (Å²) in [6, 6.07) is 5.32. The van der Waals surface area contributed by atoms with Crippen LogP contribution in [0.1, 0.15) is 5.56 Å². The molecule has 1 aromatic carbocycles. The molecule has 2 N–H and O–H groups in total. The van der Waals surface area contributed by atoms with Crippen molar-refractivity contribution >= 4 is 17.6 Å². The Kier molecular flexibility index (Phi) is 4.28. The number of aliphatic carboxylic acids is 1. The van der Waals surface area contributed by atoms with Crippen LogP contribution in [0.2, 0.25) is 0 Å². The fraction of sp³-hybridized carbons (Fsp3) is 0.167. The minimum absolute atomic E-state index is 0.507. The highest BCUT2D eigenvalue weighted by atomic mass is 16.5. The van der Waals surface area contributed by atoms with Gasteiger partial charge in [0.25, 0.3) is 0 Å². The van der Waals surface area contributed by atoms with E-state index < -0.39 is 11.9 Å². The predicted molar refractivity (Wildman–Crippen MR) is 63.1 cm³/mol. The lowest BCUT2D eigenvalue weighted by Gasteiger charge is -2.09. The molecule has 0 atom stereocenters. The van der Waals surface area contributed by atoms with E-state index in [0.29, 0.717) is 11.4 Å². The molecule has 0 radical (unpaired) electrons. The van der Waals surface area contributed by atoms with Crippen LogP contribution in [0.4, 0.5) is 5.69 Å². The van der Waals surface area contributed by atoms with Gasteiger partial charge in [0.05, 0.1) is 12.8 Å². The molecule has 1 aromatic rings. The van der Waals surface area contributed by atoms with E-state index in [1.165, 1.54) is 7.11 Å². The minimum atomic E-state index is -1.17. The number of methoxy groups -OCH3 is 1. The summed E-state index contributed by atoms with van der Waals surface area (Å²) < 4.78 is 5.07.